The van der Waals surface area contributed by atoms with Gasteiger partial charge in [0.1, 0.15) is 11.2 Å². The SMILES string of the molecule is Cc1ccc(C(=O)C(Cl)c2ccc(F)cc2)c(Br)c1. The molecular weight excluding hydrogens is 331 g/mol. The maximum atomic E-state index is 12.8. The Morgan fingerprint density at radius 3 is 2.42 bits per heavy atom. The Bertz CT molecular complexity index is 610. The molecular formula is C15H11BrClFO. The number of benzene rings is 2. The van der Waals surface area contributed by atoms with Crippen LogP contribution in [0.4, 0.5) is 4.39 Å². The molecule has 0 aliphatic heterocycles. The zero-order valence-electron chi connectivity index (χ0n) is 10.2. The summed E-state index contributed by atoms with van der Waals surface area (Å²) >= 11 is 9.52. The summed E-state index contributed by atoms with van der Waals surface area (Å²) in [6.45, 7) is 1.94. The number of rotatable bonds is 3. The molecule has 0 amide bonds. The molecule has 0 heterocycles. The molecule has 0 aromatic heterocycles. The lowest BCUT2D eigenvalue weighted by Crippen LogP contribution is -2.08. The fraction of sp³-hybridized carbons (Fsp3) is 0.133. The summed E-state index contributed by atoms with van der Waals surface area (Å²) in [5.74, 6) is -0.559. The van der Waals surface area contributed by atoms with Gasteiger partial charge in [0.2, 0.25) is 0 Å². The highest BCUT2D eigenvalue weighted by Gasteiger charge is 2.21. The van der Waals surface area contributed by atoms with Crippen molar-refractivity contribution >= 4 is 33.3 Å². The van der Waals surface area contributed by atoms with Gasteiger partial charge < -0.3 is 0 Å². The zero-order valence-corrected chi connectivity index (χ0v) is 12.5. The molecule has 1 nitrogen and oxygen atoms in total. The lowest BCUT2D eigenvalue weighted by molar-refractivity contribution is 0.0986. The first-order valence-electron chi connectivity index (χ1n) is 5.69. The van der Waals surface area contributed by atoms with Gasteiger partial charge >= 0.3 is 0 Å². The van der Waals surface area contributed by atoms with E-state index in [1.165, 1.54) is 24.3 Å². The molecule has 2 aromatic carbocycles. The number of ketones is 1. The number of alkyl halides is 1. The molecule has 4 heteroatoms. The maximum Gasteiger partial charge on any atom is 0.186 e. The van der Waals surface area contributed by atoms with Crippen LogP contribution >= 0.6 is 27.5 Å². The smallest absolute Gasteiger partial charge is 0.186 e. The Balaban J connectivity index is 2.30. The summed E-state index contributed by atoms with van der Waals surface area (Å²) in [6.07, 6.45) is 0. The lowest BCUT2D eigenvalue weighted by Gasteiger charge is -2.11. The fourth-order valence-corrected chi connectivity index (χ4v) is 2.69. The van der Waals surface area contributed by atoms with E-state index < -0.39 is 5.38 Å². The van der Waals surface area contributed by atoms with Crippen LogP contribution < -0.4 is 0 Å². The minimum atomic E-state index is -0.820. The first-order chi connectivity index (χ1) is 8.99. The number of hydrogen-bond donors (Lipinski definition) is 0. The summed E-state index contributed by atoms with van der Waals surface area (Å²) in [5, 5.41) is -0.820. The molecule has 0 saturated carbocycles. The molecule has 98 valence electrons. The summed E-state index contributed by atoms with van der Waals surface area (Å²) in [5.41, 5.74) is 2.16. The Labute approximate surface area is 124 Å². The minimum absolute atomic E-state index is 0.208. The van der Waals surface area contributed by atoms with Crippen LogP contribution in [-0.2, 0) is 0 Å². The maximum absolute atomic E-state index is 12.8. The van der Waals surface area contributed by atoms with Crippen molar-refractivity contribution in [2.45, 2.75) is 12.3 Å². The van der Waals surface area contributed by atoms with Crippen molar-refractivity contribution in [3.8, 4) is 0 Å². The highest BCUT2D eigenvalue weighted by atomic mass is 79.9. The van der Waals surface area contributed by atoms with E-state index in [-0.39, 0.29) is 11.6 Å². The van der Waals surface area contributed by atoms with Crippen LogP contribution in [0.5, 0.6) is 0 Å². The van der Waals surface area contributed by atoms with Gasteiger partial charge in [0.05, 0.1) is 0 Å². The molecule has 0 bridgehead atoms. The average Bonchev–Trinajstić information content (AvgIpc) is 2.38. The standard InChI is InChI=1S/C15H11BrClFO/c1-9-2-7-12(13(16)8-9)15(19)14(17)10-3-5-11(18)6-4-10/h2-8,14H,1H3. The van der Waals surface area contributed by atoms with E-state index >= 15 is 0 Å². The quantitative estimate of drug-likeness (QED) is 0.563. The second-order valence-electron chi connectivity index (χ2n) is 4.26. The van der Waals surface area contributed by atoms with E-state index in [4.69, 9.17) is 11.6 Å². The Morgan fingerprint density at radius 1 is 1.21 bits per heavy atom. The summed E-state index contributed by atoms with van der Waals surface area (Å²) in [6, 6.07) is 11.1. The predicted octanol–water partition coefficient (Wildman–Crippen LogP) is 5.06. The van der Waals surface area contributed by atoms with Crippen LogP contribution in [0.15, 0.2) is 46.9 Å². The summed E-state index contributed by atoms with van der Waals surface area (Å²) < 4.78 is 13.6. The highest BCUT2D eigenvalue weighted by molar-refractivity contribution is 9.10. The van der Waals surface area contributed by atoms with Crippen molar-refractivity contribution in [2.75, 3.05) is 0 Å². The first-order valence-corrected chi connectivity index (χ1v) is 6.92. The number of halogens is 3. The van der Waals surface area contributed by atoms with Crippen molar-refractivity contribution < 1.29 is 9.18 Å². The van der Waals surface area contributed by atoms with E-state index in [1.54, 1.807) is 6.07 Å². The molecule has 0 radical (unpaired) electrons. The van der Waals surface area contributed by atoms with Gasteiger partial charge in [-0.1, -0.05) is 34.1 Å². The molecule has 0 spiro atoms. The molecule has 2 aromatic rings. The van der Waals surface area contributed by atoms with Gasteiger partial charge in [0, 0.05) is 10.0 Å². The topological polar surface area (TPSA) is 17.1 Å². The second-order valence-corrected chi connectivity index (χ2v) is 5.55. The number of carbonyl (C=O) groups is 1. The van der Waals surface area contributed by atoms with E-state index in [9.17, 15) is 9.18 Å². The van der Waals surface area contributed by atoms with Crippen LogP contribution in [0.2, 0.25) is 0 Å². The summed E-state index contributed by atoms with van der Waals surface area (Å²) in [7, 11) is 0. The van der Waals surface area contributed by atoms with Crippen LogP contribution in [0, 0.1) is 12.7 Å². The van der Waals surface area contributed by atoms with E-state index in [0.717, 1.165) is 5.56 Å². The van der Waals surface area contributed by atoms with E-state index in [2.05, 4.69) is 15.9 Å². The van der Waals surface area contributed by atoms with Gasteiger partial charge in [-0.25, -0.2) is 4.39 Å². The number of Topliss-reactive ketones (excluding diaryl/α,β-unsaturated/α-hetero) is 1. The largest absolute Gasteiger partial charge is 0.292 e. The zero-order chi connectivity index (χ0) is 14.0. The molecule has 0 fully saturated rings. The van der Waals surface area contributed by atoms with E-state index in [0.29, 0.717) is 15.6 Å². The van der Waals surface area contributed by atoms with Crippen molar-refractivity contribution in [1.29, 1.82) is 0 Å². The van der Waals surface area contributed by atoms with Gasteiger partial charge in [-0.05, 0) is 42.3 Å². The normalized spacial score (nSPS) is 12.2. The van der Waals surface area contributed by atoms with Crippen molar-refractivity contribution in [1.82, 2.24) is 0 Å². The minimum Gasteiger partial charge on any atom is -0.292 e. The Kier molecular flexibility index (Phi) is 4.38. The molecule has 19 heavy (non-hydrogen) atoms. The Hall–Kier alpha value is -1.19. The number of aryl methyl sites for hydroxylation is 1. The third-order valence-electron chi connectivity index (χ3n) is 2.78. The molecule has 1 atom stereocenters. The molecule has 0 aliphatic carbocycles. The first kappa shape index (κ1) is 14.2. The number of hydrogen-bond acceptors (Lipinski definition) is 1. The fourth-order valence-electron chi connectivity index (χ4n) is 1.74. The van der Waals surface area contributed by atoms with Gasteiger partial charge in [0.15, 0.2) is 5.78 Å². The lowest BCUT2D eigenvalue weighted by atomic mass is 10.0. The monoisotopic (exact) mass is 340 g/mol. The van der Waals surface area contributed by atoms with Gasteiger partial charge in [-0.2, -0.15) is 0 Å². The molecule has 0 N–H and O–H groups in total. The summed E-state index contributed by atoms with van der Waals surface area (Å²) in [4.78, 5) is 12.3. The van der Waals surface area contributed by atoms with Gasteiger partial charge in [-0.3, -0.25) is 4.79 Å². The predicted molar refractivity (Wildman–Crippen MR) is 78.2 cm³/mol. The van der Waals surface area contributed by atoms with Crippen LogP contribution in [-0.4, -0.2) is 5.78 Å². The average molecular weight is 342 g/mol. The highest BCUT2D eigenvalue weighted by Crippen LogP contribution is 2.29. The third-order valence-corrected chi connectivity index (χ3v) is 3.89. The van der Waals surface area contributed by atoms with Gasteiger partial charge in [0.25, 0.3) is 0 Å². The number of carbonyl (C=O) groups excluding carboxylic acids is 1. The molecule has 0 saturated heterocycles. The molecule has 2 rings (SSSR count). The van der Waals surface area contributed by atoms with Gasteiger partial charge in [-0.15, -0.1) is 11.6 Å². The molecule has 1 unspecified atom stereocenters. The van der Waals surface area contributed by atoms with Crippen molar-refractivity contribution in [2.24, 2.45) is 0 Å². The van der Waals surface area contributed by atoms with Crippen LogP contribution in [0.3, 0.4) is 0 Å². The van der Waals surface area contributed by atoms with Crippen molar-refractivity contribution in [3.05, 3.63) is 69.4 Å². The second kappa shape index (κ2) is 5.85. The van der Waals surface area contributed by atoms with Crippen LogP contribution in [0.1, 0.15) is 26.9 Å². The molecule has 0 aliphatic rings. The van der Waals surface area contributed by atoms with Crippen molar-refractivity contribution in [3.63, 3.8) is 0 Å². The van der Waals surface area contributed by atoms with Crippen LogP contribution in [0.25, 0.3) is 0 Å². The Morgan fingerprint density at radius 2 is 1.84 bits per heavy atom. The third kappa shape index (κ3) is 3.23. The van der Waals surface area contributed by atoms with E-state index in [1.807, 2.05) is 19.1 Å².